The van der Waals surface area contributed by atoms with Crippen LogP contribution in [0.25, 0.3) is 0 Å². The van der Waals surface area contributed by atoms with Crippen LogP contribution in [0.4, 0.5) is 0 Å². The number of benzene rings is 1. The lowest BCUT2D eigenvalue weighted by Gasteiger charge is -2.41. The van der Waals surface area contributed by atoms with Crippen LogP contribution in [-0.4, -0.2) is 25.2 Å². The molecule has 16 heavy (non-hydrogen) atoms. The third kappa shape index (κ3) is 2.00. The van der Waals surface area contributed by atoms with Crippen molar-refractivity contribution in [1.82, 2.24) is 0 Å². The summed E-state index contributed by atoms with van der Waals surface area (Å²) in [6, 6.07) is 10.2. The summed E-state index contributed by atoms with van der Waals surface area (Å²) in [4.78, 5) is 1.53. The number of likely N-dealkylation sites (tertiary alicyclic amines) is 1. The molecule has 1 aliphatic heterocycles. The fourth-order valence-corrected chi connectivity index (χ4v) is 2.89. The molecular weight excluding hydrogens is 198 g/mol. The highest BCUT2D eigenvalue weighted by Crippen LogP contribution is 2.35. The first kappa shape index (κ1) is 11.6. The Morgan fingerprint density at radius 2 is 2.06 bits per heavy atom. The van der Waals surface area contributed by atoms with Crippen molar-refractivity contribution in [2.24, 2.45) is 5.92 Å². The maximum absolute atomic E-state index is 10.9. The molecule has 1 aromatic carbocycles. The Bertz CT molecular complexity index is 338. The molecule has 0 spiro atoms. The van der Waals surface area contributed by atoms with E-state index in [1.807, 2.05) is 18.2 Å². The SMILES string of the molecule is CC[C@H]1C[NH+](C)CC[C@]1(O)c1ccccc1. The van der Waals surface area contributed by atoms with Crippen LogP contribution in [0, 0.1) is 5.92 Å². The Balaban J connectivity index is 2.29. The van der Waals surface area contributed by atoms with E-state index in [4.69, 9.17) is 0 Å². The minimum atomic E-state index is -0.602. The molecule has 0 saturated carbocycles. The molecule has 2 rings (SSSR count). The molecule has 1 unspecified atom stereocenters. The molecule has 1 heterocycles. The average molecular weight is 220 g/mol. The van der Waals surface area contributed by atoms with Gasteiger partial charge in [0, 0.05) is 12.3 Å². The molecule has 1 aliphatic rings. The molecule has 88 valence electrons. The third-order valence-electron chi connectivity index (χ3n) is 3.97. The summed E-state index contributed by atoms with van der Waals surface area (Å²) in [5.41, 5.74) is 0.490. The highest BCUT2D eigenvalue weighted by molar-refractivity contribution is 5.23. The van der Waals surface area contributed by atoms with Gasteiger partial charge in [-0.2, -0.15) is 0 Å². The van der Waals surface area contributed by atoms with Gasteiger partial charge >= 0.3 is 0 Å². The quantitative estimate of drug-likeness (QED) is 0.758. The Morgan fingerprint density at radius 3 is 2.69 bits per heavy atom. The van der Waals surface area contributed by atoms with Gasteiger partial charge in [-0.3, -0.25) is 0 Å². The van der Waals surface area contributed by atoms with Crippen LogP contribution in [0.3, 0.4) is 0 Å². The first-order chi connectivity index (χ1) is 7.66. The summed E-state index contributed by atoms with van der Waals surface area (Å²) >= 11 is 0. The maximum atomic E-state index is 10.9. The van der Waals surface area contributed by atoms with Crippen LogP contribution in [0.1, 0.15) is 25.3 Å². The molecule has 1 fully saturated rings. The predicted molar refractivity (Wildman–Crippen MR) is 65.4 cm³/mol. The summed E-state index contributed by atoms with van der Waals surface area (Å²) in [7, 11) is 2.22. The zero-order valence-corrected chi connectivity index (χ0v) is 10.2. The number of piperidine rings is 1. The molecule has 3 atom stereocenters. The molecule has 2 nitrogen and oxygen atoms in total. The standard InChI is InChI=1S/C14H21NO/c1-3-12-11-15(2)10-9-14(12,16)13-7-5-4-6-8-13/h4-8,12,16H,3,9-11H2,1-2H3/p+1/t12-,14+/m0/s1. The fourth-order valence-electron chi connectivity index (χ4n) is 2.89. The highest BCUT2D eigenvalue weighted by Gasteiger charge is 2.42. The largest absolute Gasteiger partial charge is 0.384 e. The van der Waals surface area contributed by atoms with Gasteiger partial charge in [0.25, 0.3) is 0 Å². The Labute approximate surface area is 97.9 Å². The van der Waals surface area contributed by atoms with Crippen molar-refractivity contribution >= 4 is 0 Å². The molecule has 1 saturated heterocycles. The minimum absolute atomic E-state index is 0.378. The lowest BCUT2D eigenvalue weighted by Crippen LogP contribution is -3.11. The minimum Gasteiger partial charge on any atom is -0.384 e. The van der Waals surface area contributed by atoms with E-state index in [2.05, 4.69) is 26.1 Å². The van der Waals surface area contributed by atoms with Gasteiger partial charge in [-0.15, -0.1) is 0 Å². The number of rotatable bonds is 2. The van der Waals surface area contributed by atoms with E-state index < -0.39 is 5.60 Å². The number of hydrogen-bond acceptors (Lipinski definition) is 1. The number of nitrogens with one attached hydrogen (secondary N) is 1. The van der Waals surface area contributed by atoms with E-state index in [1.165, 1.54) is 4.90 Å². The van der Waals surface area contributed by atoms with Gasteiger partial charge in [0.15, 0.2) is 0 Å². The molecule has 0 radical (unpaired) electrons. The third-order valence-corrected chi connectivity index (χ3v) is 3.97. The van der Waals surface area contributed by atoms with E-state index >= 15 is 0 Å². The van der Waals surface area contributed by atoms with Crippen LogP contribution in [0.2, 0.25) is 0 Å². The lowest BCUT2D eigenvalue weighted by molar-refractivity contribution is -0.892. The topological polar surface area (TPSA) is 24.7 Å². The maximum Gasteiger partial charge on any atom is 0.103 e. The van der Waals surface area contributed by atoms with Crippen molar-refractivity contribution in [3.63, 3.8) is 0 Å². The van der Waals surface area contributed by atoms with Crippen molar-refractivity contribution < 1.29 is 10.0 Å². The van der Waals surface area contributed by atoms with Crippen LogP contribution in [0.5, 0.6) is 0 Å². The monoisotopic (exact) mass is 220 g/mol. The Kier molecular flexibility index (Phi) is 3.31. The van der Waals surface area contributed by atoms with Gasteiger partial charge in [-0.25, -0.2) is 0 Å². The highest BCUT2D eigenvalue weighted by atomic mass is 16.3. The zero-order valence-electron chi connectivity index (χ0n) is 10.2. The zero-order chi connectivity index (χ0) is 11.6. The summed E-state index contributed by atoms with van der Waals surface area (Å²) < 4.78 is 0. The van der Waals surface area contributed by atoms with Gasteiger partial charge in [0.05, 0.1) is 20.1 Å². The fraction of sp³-hybridized carbons (Fsp3) is 0.571. The molecule has 2 heteroatoms. The molecule has 2 N–H and O–H groups in total. The summed E-state index contributed by atoms with van der Waals surface area (Å²) in [5, 5.41) is 10.9. The van der Waals surface area contributed by atoms with Crippen LogP contribution in [0.15, 0.2) is 30.3 Å². The molecule has 0 bridgehead atoms. The summed E-state index contributed by atoms with van der Waals surface area (Å²) in [6.45, 7) is 4.31. The summed E-state index contributed by atoms with van der Waals surface area (Å²) in [6.07, 6.45) is 1.92. The second kappa shape index (κ2) is 4.56. The second-order valence-corrected chi connectivity index (χ2v) is 5.06. The molecule has 1 aromatic rings. The normalized spacial score (nSPS) is 34.9. The Morgan fingerprint density at radius 1 is 1.38 bits per heavy atom. The smallest absolute Gasteiger partial charge is 0.103 e. The van der Waals surface area contributed by atoms with Gasteiger partial charge < -0.3 is 10.0 Å². The summed E-state index contributed by atoms with van der Waals surface area (Å²) in [5.74, 6) is 0.378. The Hall–Kier alpha value is -0.860. The van der Waals surface area contributed by atoms with Crippen LogP contribution < -0.4 is 4.90 Å². The van der Waals surface area contributed by atoms with E-state index in [-0.39, 0.29) is 0 Å². The van der Waals surface area contributed by atoms with Gasteiger partial charge in [-0.1, -0.05) is 37.3 Å². The van der Waals surface area contributed by atoms with Crippen molar-refractivity contribution in [1.29, 1.82) is 0 Å². The van der Waals surface area contributed by atoms with Gasteiger partial charge in [0.2, 0.25) is 0 Å². The number of hydrogen-bond donors (Lipinski definition) is 2. The van der Waals surface area contributed by atoms with Crippen molar-refractivity contribution in [2.75, 3.05) is 20.1 Å². The van der Waals surface area contributed by atoms with E-state index in [9.17, 15) is 5.11 Å². The predicted octanol–water partition coefficient (Wildman–Crippen LogP) is 0.819. The first-order valence-corrected chi connectivity index (χ1v) is 6.26. The van der Waals surface area contributed by atoms with E-state index in [0.717, 1.165) is 31.5 Å². The van der Waals surface area contributed by atoms with Crippen molar-refractivity contribution in [2.45, 2.75) is 25.4 Å². The van der Waals surface area contributed by atoms with Crippen LogP contribution in [-0.2, 0) is 5.60 Å². The van der Waals surface area contributed by atoms with Crippen LogP contribution >= 0.6 is 0 Å². The van der Waals surface area contributed by atoms with Gasteiger partial charge in [0.1, 0.15) is 5.60 Å². The number of aliphatic hydroxyl groups is 1. The molecular formula is C14H22NO+. The van der Waals surface area contributed by atoms with Crippen molar-refractivity contribution in [3.8, 4) is 0 Å². The first-order valence-electron chi connectivity index (χ1n) is 6.26. The second-order valence-electron chi connectivity index (χ2n) is 5.06. The lowest BCUT2D eigenvalue weighted by atomic mass is 9.75. The van der Waals surface area contributed by atoms with Crippen molar-refractivity contribution in [3.05, 3.63) is 35.9 Å². The van der Waals surface area contributed by atoms with Gasteiger partial charge in [-0.05, 0) is 12.0 Å². The molecule has 0 aromatic heterocycles. The molecule has 0 amide bonds. The molecule has 0 aliphatic carbocycles. The van der Waals surface area contributed by atoms with E-state index in [0.29, 0.717) is 5.92 Å². The average Bonchev–Trinajstić information content (AvgIpc) is 2.33. The number of quaternary nitrogens is 1. The van der Waals surface area contributed by atoms with E-state index in [1.54, 1.807) is 0 Å².